The third-order valence-electron chi connectivity index (χ3n) is 3.18. The van der Waals surface area contributed by atoms with Crippen LogP contribution in [0.4, 0.5) is 0 Å². The van der Waals surface area contributed by atoms with Crippen LogP contribution in [0.1, 0.15) is 51.0 Å². The monoisotopic (exact) mass is 249 g/mol. The van der Waals surface area contributed by atoms with E-state index in [9.17, 15) is 0 Å². The van der Waals surface area contributed by atoms with Crippen molar-refractivity contribution in [3.63, 3.8) is 0 Å². The van der Waals surface area contributed by atoms with Crippen molar-refractivity contribution >= 4 is 0 Å². The smallest absolute Gasteiger partial charge is 0.119 e. The van der Waals surface area contributed by atoms with E-state index >= 15 is 0 Å². The van der Waals surface area contributed by atoms with Crippen molar-refractivity contribution in [1.82, 2.24) is 0 Å². The van der Waals surface area contributed by atoms with E-state index in [-0.39, 0.29) is 6.04 Å². The summed E-state index contributed by atoms with van der Waals surface area (Å²) in [7, 11) is 0. The molecule has 1 aromatic carbocycles. The van der Waals surface area contributed by atoms with Gasteiger partial charge < -0.3 is 10.5 Å². The summed E-state index contributed by atoms with van der Waals surface area (Å²) in [6.07, 6.45) is 7.23. The van der Waals surface area contributed by atoms with Gasteiger partial charge in [-0.05, 0) is 37.5 Å². The number of aryl methyl sites for hydroxylation is 1. The van der Waals surface area contributed by atoms with E-state index in [0.717, 1.165) is 25.2 Å². The average Bonchev–Trinajstić information content (AvgIpc) is 2.35. The number of hydrogen-bond donors (Lipinski definition) is 1. The lowest BCUT2D eigenvalue weighted by molar-refractivity contribution is 0.293. The molecule has 0 aliphatic carbocycles. The highest BCUT2D eigenvalue weighted by molar-refractivity contribution is 5.27. The summed E-state index contributed by atoms with van der Waals surface area (Å²) in [5.74, 6) is 0.952. The Morgan fingerprint density at radius 2 is 2.00 bits per heavy atom. The van der Waals surface area contributed by atoms with Gasteiger partial charge in [-0.1, -0.05) is 44.7 Å². The van der Waals surface area contributed by atoms with Crippen molar-refractivity contribution in [2.24, 2.45) is 5.73 Å². The number of benzene rings is 1. The molecule has 2 heteroatoms. The van der Waals surface area contributed by atoms with E-state index in [1.165, 1.54) is 31.2 Å². The maximum atomic E-state index is 6.07. The maximum absolute atomic E-state index is 6.07. The normalized spacial score (nSPS) is 12.4. The summed E-state index contributed by atoms with van der Waals surface area (Å²) in [5.41, 5.74) is 7.30. The van der Waals surface area contributed by atoms with Gasteiger partial charge in [0.25, 0.3) is 0 Å². The van der Waals surface area contributed by atoms with Crippen LogP contribution < -0.4 is 10.5 Å². The Morgan fingerprint density at radius 3 is 2.72 bits per heavy atom. The first-order valence-electron chi connectivity index (χ1n) is 7.17. The summed E-state index contributed by atoms with van der Waals surface area (Å²) in [4.78, 5) is 0. The van der Waals surface area contributed by atoms with Crippen LogP contribution >= 0.6 is 0 Å². The highest BCUT2D eigenvalue weighted by Crippen LogP contribution is 2.13. The van der Waals surface area contributed by atoms with Gasteiger partial charge >= 0.3 is 0 Å². The molecular weight excluding hydrogens is 222 g/mol. The first-order chi connectivity index (χ1) is 8.72. The van der Waals surface area contributed by atoms with Crippen LogP contribution in [0.2, 0.25) is 0 Å². The molecule has 0 amide bonds. The van der Waals surface area contributed by atoms with Crippen LogP contribution in [0.25, 0.3) is 0 Å². The quantitative estimate of drug-likeness (QED) is 0.670. The summed E-state index contributed by atoms with van der Waals surface area (Å²) in [6.45, 7) is 5.03. The lowest BCUT2D eigenvalue weighted by atomic mass is 10.1. The minimum Gasteiger partial charge on any atom is -0.494 e. The molecule has 102 valence electrons. The SMILES string of the molecule is CCCCCCC(N)CCOc1cccc(C)c1. The Bertz CT molecular complexity index is 325. The van der Waals surface area contributed by atoms with E-state index in [1.54, 1.807) is 0 Å². The summed E-state index contributed by atoms with van der Waals surface area (Å²) >= 11 is 0. The fraction of sp³-hybridized carbons (Fsp3) is 0.625. The second-order valence-corrected chi connectivity index (χ2v) is 5.06. The molecule has 0 aliphatic rings. The topological polar surface area (TPSA) is 35.2 Å². The van der Waals surface area contributed by atoms with Gasteiger partial charge in [0, 0.05) is 6.04 Å². The van der Waals surface area contributed by atoms with Crippen LogP contribution in [0.3, 0.4) is 0 Å². The minimum atomic E-state index is 0.284. The first-order valence-corrected chi connectivity index (χ1v) is 7.17. The third kappa shape index (κ3) is 6.65. The van der Waals surface area contributed by atoms with Crippen molar-refractivity contribution < 1.29 is 4.74 Å². The number of hydrogen-bond acceptors (Lipinski definition) is 2. The van der Waals surface area contributed by atoms with Gasteiger partial charge in [0.1, 0.15) is 5.75 Å². The molecule has 1 unspecified atom stereocenters. The lowest BCUT2D eigenvalue weighted by Gasteiger charge is -2.12. The Kier molecular flexibility index (Phi) is 7.51. The Balaban J connectivity index is 2.09. The third-order valence-corrected chi connectivity index (χ3v) is 3.18. The van der Waals surface area contributed by atoms with Gasteiger partial charge in [-0.15, -0.1) is 0 Å². The molecule has 0 spiro atoms. The standard InChI is InChI=1S/C16H27NO/c1-3-4-5-6-9-15(17)11-12-18-16-10-7-8-14(2)13-16/h7-8,10,13,15H,3-6,9,11-12,17H2,1-2H3. The van der Waals surface area contributed by atoms with Gasteiger partial charge in [0.15, 0.2) is 0 Å². The molecular formula is C16H27NO. The molecule has 0 saturated heterocycles. The second kappa shape index (κ2) is 8.98. The van der Waals surface area contributed by atoms with Crippen LogP contribution in [0.15, 0.2) is 24.3 Å². The highest BCUT2D eigenvalue weighted by atomic mass is 16.5. The molecule has 1 atom stereocenters. The second-order valence-electron chi connectivity index (χ2n) is 5.06. The molecule has 0 saturated carbocycles. The molecule has 0 fully saturated rings. The number of ether oxygens (including phenoxy) is 1. The van der Waals surface area contributed by atoms with Crippen molar-refractivity contribution in [2.45, 2.75) is 58.4 Å². The fourth-order valence-corrected chi connectivity index (χ4v) is 2.01. The Labute approximate surface area is 112 Å². The largest absolute Gasteiger partial charge is 0.494 e. The zero-order valence-electron chi connectivity index (χ0n) is 11.8. The molecule has 0 aliphatic heterocycles. The molecule has 2 nitrogen and oxygen atoms in total. The molecule has 0 bridgehead atoms. The van der Waals surface area contributed by atoms with Crippen LogP contribution in [0.5, 0.6) is 5.75 Å². The minimum absolute atomic E-state index is 0.284. The van der Waals surface area contributed by atoms with Gasteiger partial charge in [-0.25, -0.2) is 0 Å². The van der Waals surface area contributed by atoms with Crippen LogP contribution in [-0.4, -0.2) is 12.6 Å². The average molecular weight is 249 g/mol. The summed E-state index contributed by atoms with van der Waals surface area (Å²) < 4.78 is 5.70. The molecule has 1 rings (SSSR count). The number of rotatable bonds is 9. The molecule has 1 aromatic rings. The van der Waals surface area contributed by atoms with E-state index in [4.69, 9.17) is 10.5 Å². The number of nitrogens with two attached hydrogens (primary N) is 1. The molecule has 0 aromatic heterocycles. The van der Waals surface area contributed by atoms with E-state index in [1.807, 2.05) is 12.1 Å². The maximum Gasteiger partial charge on any atom is 0.119 e. The van der Waals surface area contributed by atoms with Crippen molar-refractivity contribution in [2.75, 3.05) is 6.61 Å². The molecule has 0 radical (unpaired) electrons. The van der Waals surface area contributed by atoms with Crippen molar-refractivity contribution in [3.05, 3.63) is 29.8 Å². The predicted octanol–water partition coefficient (Wildman–Crippen LogP) is 4.06. The lowest BCUT2D eigenvalue weighted by Crippen LogP contribution is -2.22. The molecule has 2 N–H and O–H groups in total. The van der Waals surface area contributed by atoms with Crippen LogP contribution in [-0.2, 0) is 0 Å². The molecule has 0 heterocycles. The van der Waals surface area contributed by atoms with E-state index < -0.39 is 0 Å². The zero-order chi connectivity index (χ0) is 13.2. The predicted molar refractivity (Wildman–Crippen MR) is 78.0 cm³/mol. The zero-order valence-corrected chi connectivity index (χ0v) is 11.8. The summed E-state index contributed by atoms with van der Waals surface area (Å²) in [5, 5.41) is 0. The first kappa shape index (κ1) is 15.0. The Hall–Kier alpha value is -1.02. The van der Waals surface area contributed by atoms with Crippen LogP contribution in [0, 0.1) is 6.92 Å². The summed E-state index contributed by atoms with van der Waals surface area (Å²) in [6, 6.07) is 8.44. The Morgan fingerprint density at radius 1 is 1.17 bits per heavy atom. The van der Waals surface area contributed by atoms with Crippen molar-refractivity contribution in [1.29, 1.82) is 0 Å². The highest BCUT2D eigenvalue weighted by Gasteiger charge is 2.03. The van der Waals surface area contributed by atoms with E-state index in [0.29, 0.717) is 0 Å². The number of unbranched alkanes of at least 4 members (excludes halogenated alkanes) is 3. The molecule has 18 heavy (non-hydrogen) atoms. The fourth-order valence-electron chi connectivity index (χ4n) is 2.01. The van der Waals surface area contributed by atoms with Gasteiger partial charge in [0.05, 0.1) is 6.61 Å². The van der Waals surface area contributed by atoms with Gasteiger partial charge in [-0.3, -0.25) is 0 Å². The van der Waals surface area contributed by atoms with Crippen molar-refractivity contribution in [3.8, 4) is 5.75 Å². The van der Waals surface area contributed by atoms with E-state index in [2.05, 4.69) is 26.0 Å². The van der Waals surface area contributed by atoms with Gasteiger partial charge in [-0.2, -0.15) is 0 Å². The van der Waals surface area contributed by atoms with Gasteiger partial charge in [0.2, 0.25) is 0 Å².